The molecule has 2 heterocycles. The molecule has 0 N–H and O–H groups in total. The Morgan fingerprint density at radius 1 is 1.30 bits per heavy atom. The topological polar surface area (TPSA) is 48.0 Å². The summed E-state index contributed by atoms with van der Waals surface area (Å²) in [6.45, 7) is 3.11. The fourth-order valence-corrected chi connectivity index (χ4v) is 7.99. The number of carbonyl (C=O) groups is 1. The summed E-state index contributed by atoms with van der Waals surface area (Å²) in [6, 6.07) is 4.65. The number of methoxy groups -OCH3 is 2. The lowest BCUT2D eigenvalue weighted by Crippen LogP contribution is -2.79. The van der Waals surface area contributed by atoms with Gasteiger partial charge in [-0.2, -0.15) is 0 Å². The van der Waals surface area contributed by atoms with Crippen LogP contribution in [0, 0.1) is 11.3 Å². The van der Waals surface area contributed by atoms with Crippen molar-refractivity contribution in [3.05, 3.63) is 35.4 Å². The Hall–Kier alpha value is -1.85. The Morgan fingerprint density at radius 2 is 2.13 bits per heavy atom. The average molecular weight is 410 g/mol. The first kappa shape index (κ1) is 18.9. The third-order valence-corrected chi connectivity index (χ3v) is 9.16. The number of rotatable bonds is 5. The van der Waals surface area contributed by atoms with Gasteiger partial charge in [0, 0.05) is 30.6 Å². The van der Waals surface area contributed by atoms with E-state index in [0.29, 0.717) is 18.2 Å². The number of piperidine rings is 1. The van der Waals surface area contributed by atoms with Crippen LogP contribution in [0.25, 0.3) is 0 Å². The Bertz CT molecular complexity index is 972. The first-order chi connectivity index (χ1) is 14.5. The highest BCUT2D eigenvalue weighted by molar-refractivity contribution is 5.84. The van der Waals surface area contributed by atoms with E-state index in [4.69, 9.17) is 14.2 Å². The van der Waals surface area contributed by atoms with Gasteiger partial charge in [0.05, 0.1) is 18.4 Å². The minimum atomic E-state index is -0.715. The van der Waals surface area contributed by atoms with Gasteiger partial charge in [-0.3, -0.25) is 4.79 Å². The van der Waals surface area contributed by atoms with Gasteiger partial charge in [-0.25, -0.2) is 0 Å². The van der Waals surface area contributed by atoms with E-state index in [1.54, 1.807) is 14.2 Å². The van der Waals surface area contributed by atoms with Crippen LogP contribution in [0.15, 0.2) is 24.3 Å². The van der Waals surface area contributed by atoms with Gasteiger partial charge in [0.25, 0.3) is 0 Å². The molecule has 4 aliphatic carbocycles. The van der Waals surface area contributed by atoms with Gasteiger partial charge in [0.15, 0.2) is 11.5 Å². The summed E-state index contributed by atoms with van der Waals surface area (Å²) < 4.78 is 18.9. The third kappa shape index (κ3) is 1.79. The molecule has 1 aromatic rings. The zero-order valence-electron chi connectivity index (χ0n) is 18.4. The number of ether oxygens (including phenoxy) is 3. The monoisotopic (exact) mass is 409 g/mol. The molecule has 0 amide bonds. The lowest BCUT2D eigenvalue weighted by Gasteiger charge is -2.70. The molecule has 6 atom stereocenters. The highest BCUT2D eigenvalue weighted by Gasteiger charge is 2.79. The minimum absolute atomic E-state index is 0.108. The summed E-state index contributed by atoms with van der Waals surface area (Å²) in [7, 11) is 5.71. The smallest absolute Gasteiger partial charge is 0.166 e. The van der Waals surface area contributed by atoms with Crippen molar-refractivity contribution in [1.29, 1.82) is 0 Å². The molecule has 0 unspecified atom stereocenters. The standard InChI is InChI=1S/C25H31NO4/c1-5-6-17(27)16-14-23-9-10-25(16,29-4)22-24(23)11-12-26(2)19(23)13-15-7-8-18(28-3)21(30-22)20(15)24/h7-10,16,19,22H,5-6,11-14H2,1-4H3/t16-,19+,22+,23+,24-,25+/m1/s1. The number of hydrogen-bond donors (Lipinski definition) is 0. The normalized spacial score (nSPS) is 42.1. The van der Waals surface area contributed by atoms with Crippen molar-refractivity contribution in [2.45, 2.75) is 62.2 Å². The quantitative estimate of drug-likeness (QED) is 0.699. The van der Waals surface area contributed by atoms with E-state index in [9.17, 15) is 4.79 Å². The number of fused-ring (bicyclic) bond motifs is 1. The minimum Gasteiger partial charge on any atom is -0.493 e. The third-order valence-electron chi connectivity index (χ3n) is 9.16. The van der Waals surface area contributed by atoms with Crippen LogP contribution in [-0.2, 0) is 21.4 Å². The fraction of sp³-hybridized carbons (Fsp3) is 0.640. The molecule has 30 heavy (non-hydrogen) atoms. The second kappa shape index (κ2) is 5.89. The van der Waals surface area contributed by atoms with Gasteiger partial charge in [-0.1, -0.05) is 25.1 Å². The fourth-order valence-electron chi connectivity index (χ4n) is 7.99. The molecule has 2 fully saturated rings. The second-order valence-electron chi connectivity index (χ2n) is 9.96. The van der Waals surface area contributed by atoms with Crippen LogP contribution in [0.2, 0.25) is 0 Å². The number of likely N-dealkylation sites (tertiary alicyclic amines) is 1. The van der Waals surface area contributed by atoms with Crippen LogP contribution in [0.3, 0.4) is 0 Å². The van der Waals surface area contributed by atoms with Crippen LogP contribution in [0.1, 0.15) is 43.7 Å². The molecule has 5 nitrogen and oxygen atoms in total. The van der Waals surface area contributed by atoms with Crippen LogP contribution < -0.4 is 9.47 Å². The van der Waals surface area contributed by atoms with Crippen LogP contribution in [-0.4, -0.2) is 56.2 Å². The molecule has 2 aliphatic heterocycles. The van der Waals surface area contributed by atoms with Crippen molar-refractivity contribution < 1.29 is 19.0 Å². The van der Waals surface area contributed by atoms with Crippen LogP contribution in [0.4, 0.5) is 0 Å². The zero-order chi connectivity index (χ0) is 20.9. The van der Waals surface area contributed by atoms with E-state index in [1.807, 2.05) is 6.07 Å². The number of likely N-dealkylation sites (N-methyl/N-ethyl adjacent to an activating group) is 1. The molecule has 2 spiro atoms. The van der Waals surface area contributed by atoms with Gasteiger partial charge in [-0.15, -0.1) is 0 Å². The number of Topliss-reactive ketones (excluding diaryl/α,β-unsaturated/α-hetero) is 1. The van der Waals surface area contributed by atoms with Gasteiger partial charge in [0.2, 0.25) is 0 Å². The number of ketones is 1. The molecule has 0 radical (unpaired) electrons. The lowest BCUT2D eigenvalue weighted by atomic mass is 9.37. The van der Waals surface area contributed by atoms with Gasteiger partial charge < -0.3 is 19.1 Å². The maximum Gasteiger partial charge on any atom is 0.166 e. The van der Waals surface area contributed by atoms with Crippen molar-refractivity contribution in [3.63, 3.8) is 0 Å². The average Bonchev–Trinajstić information content (AvgIpc) is 3.13. The molecule has 6 aliphatic rings. The van der Waals surface area contributed by atoms with Crippen molar-refractivity contribution >= 4 is 5.78 Å². The lowest BCUT2D eigenvalue weighted by molar-refractivity contribution is -0.213. The summed E-state index contributed by atoms with van der Waals surface area (Å²) in [6.07, 6.45) is 8.74. The summed E-state index contributed by atoms with van der Waals surface area (Å²) >= 11 is 0. The highest BCUT2D eigenvalue weighted by Crippen LogP contribution is 2.74. The Labute approximate surface area is 178 Å². The molecule has 5 heteroatoms. The number of nitrogens with zero attached hydrogens (tertiary/aromatic N) is 1. The van der Waals surface area contributed by atoms with Crippen molar-refractivity contribution in [1.82, 2.24) is 4.90 Å². The first-order valence-corrected chi connectivity index (χ1v) is 11.3. The SMILES string of the molecule is CCCC(=O)[C@H]1C[C@]23C=C[C@@]1(OC)[C@H]1Oc4c(OC)ccc5c4[C@]12CCN(C)[C@H]3C5. The zero-order valence-corrected chi connectivity index (χ0v) is 18.4. The molecule has 1 saturated carbocycles. The summed E-state index contributed by atoms with van der Waals surface area (Å²) in [5.41, 5.74) is 1.73. The Morgan fingerprint density at radius 3 is 2.87 bits per heavy atom. The number of carbonyl (C=O) groups excluding carboxylic acids is 1. The largest absolute Gasteiger partial charge is 0.493 e. The molecular weight excluding hydrogens is 378 g/mol. The van der Waals surface area contributed by atoms with E-state index < -0.39 is 5.60 Å². The molecule has 4 bridgehead atoms. The van der Waals surface area contributed by atoms with E-state index in [-0.39, 0.29) is 22.9 Å². The van der Waals surface area contributed by atoms with Gasteiger partial charge >= 0.3 is 0 Å². The molecule has 1 aromatic carbocycles. The van der Waals surface area contributed by atoms with Crippen molar-refractivity contribution in [2.75, 3.05) is 27.8 Å². The molecule has 1 saturated heterocycles. The predicted octanol–water partition coefficient (Wildman–Crippen LogP) is 3.28. The summed E-state index contributed by atoms with van der Waals surface area (Å²) in [4.78, 5) is 15.9. The number of benzene rings is 1. The number of hydrogen-bond acceptors (Lipinski definition) is 5. The molecular formula is C25H31NO4. The maximum atomic E-state index is 13.4. The highest BCUT2D eigenvalue weighted by atomic mass is 16.6. The second-order valence-corrected chi connectivity index (χ2v) is 9.96. The van der Waals surface area contributed by atoms with Crippen molar-refractivity contribution in [3.8, 4) is 11.5 Å². The summed E-state index contributed by atoms with van der Waals surface area (Å²) in [5.74, 6) is 1.84. The van der Waals surface area contributed by atoms with Crippen LogP contribution in [0.5, 0.6) is 11.5 Å². The van der Waals surface area contributed by atoms with Gasteiger partial charge in [-0.05, 0) is 50.9 Å². The predicted molar refractivity (Wildman–Crippen MR) is 113 cm³/mol. The Kier molecular flexibility index (Phi) is 3.71. The van der Waals surface area contributed by atoms with Gasteiger partial charge in [0.1, 0.15) is 17.5 Å². The summed E-state index contributed by atoms with van der Waals surface area (Å²) in [5, 5.41) is 0. The maximum absolute atomic E-state index is 13.4. The van der Waals surface area contributed by atoms with E-state index >= 15 is 0 Å². The van der Waals surface area contributed by atoms with E-state index in [2.05, 4.69) is 37.1 Å². The molecule has 160 valence electrons. The van der Waals surface area contributed by atoms with E-state index in [0.717, 1.165) is 43.7 Å². The van der Waals surface area contributed by atoms with Crippen molar-refractivity contribution in [2.24, 2.45) is 11.3 Å². The Balaban J connectivity index is 1.65. The first-order valence-electron chi connectivity index (χ1n) is 11.3. The van der Waals surface area contributed by atoms with E-state index in [1.165, 1.54) is 11.1 Å². The molecule has 0 aromatic heterocycles. The molecule has 7 rings (SSSR count). The van der Waals surface area contributed by atoms with Crippen LogP contribution >= 0.6 is 0 Å².